The molecule has 6 N–H and O–H groups in total. The molecule has 372 valence electrons. The lowest BCUT2D eigenvalue weighted by atomic mass is 9.63. The molecule has 0 radical (unpaired) electrons. The zero-order chi connectivity index (χ0) is 54.3. The van der Waals surface area contributed by atoms with Crippen LogP contribution in [-0.4, -0.2) is 62.3 Å². The number of hydrogen-bond donors (Lipinski definition) is 6. The lowest BCUT2D eigenvalue weighted by molar-refractivity contribution is -0.155. The molecule has 0 bridgehead atoms. The number of alkyl halides is 6. The number of nitrogens with zero attached hydrogens (tertiary/aromatic N) is 6. The predicted octanol–water partition coefficient (Wildman–Crippen LogP) is 11.5. The smallest absolute Gasteiger partial charge is 0.433 e. The summed E-state index contributed by atoms with van der Waals surface area (Å²) in [5, 5.41) is 48.1. The number of halogens is 6. The second-order valence-corrected chi connectivity index (χ2v) is 20.8. The van der Waals surface area contributed by atoms with Crippen molar-refractivity contribution in [2.45, 2.75) is 104 Å². The first kappa shape index (κ1) is 46.3. The molecular weight excluding hydrogens is 963 g/mol. The maximum absolute atomic E-state index is 13.0. The maximum atomic E-state index is 13.0. The molecular formula is C48H50F6N8O6S2. The largest absolute Gasteiger partial charge is 0.481 e. The lowest BCUT2D eigenvalue weighted by Crippen LogP contribution is -2.44. The highest BCUT2D eigenvalue weighted by Crippen LogP contribution is 2.52. The number of carboxylic acid groups (broad SMARTS) is 2. The van der Waals surface area contributed by atoms with Crippen LogP contribution in [0.3, 0.4) is 0 Å². The van der Waals surface area contributed by atoms with E-state index in [1.807, 2.05) is 27.7 Å². The number of aryl methyl sites for hydroxylation is 2. The minimum absolute atomic E-state index is 0.213. The molecule has 4 aromatic heterocycles. The number of carboxylic acids is 2. The van der Waals surface area contributed by atoms with Crippen LogP contribution in [-0.2, 0) is 33.1 Å². The Hall–Kier alpha value is -6.10. The van der Waals surface area contributed by atoms with E-state index in [1.165, 1.54) is 34.8 Å². The van der Waals surface area contributed by atoms with Crippen molar-refractivity contribution in [3.63, 3.8) is 0 Å². The molecule has 2 aromatic carbocycles. The highest BCUT2D eigenvalue weighted by atomic mass is 32.1. The van der Waals surface area contributed by atoms with Crippen molar-refractivity contribution in [1.29, 1.82) is 0 Å². The molecule has 2 fully saturated rings. The molecule has 0 spiro atoms. The van der Waals surface area contributed by atoms with Gasteiger partial charge in [-0.2, -0.15) is 26.3 Å². The van der Waals surface area contributed by atoms with Crippen LogP contribution in [0.5, 0.6) is 0 Å². The van der Waals surface area contributed by atoms with Gasteiger partial charge < -0.3 is 31.1 Å². The van der Waals surface area contributed by atoms with Crippen molar-refractivity contribution in [2.24, 2.45) is 22.7 Å². The van der Waals surface area contributed by atoms with Gasteiger partial charge >= 0.3 is 24.3 Å². The molecule has 6 aromatic rings. The number of anilines is 4. The van der Waals surface area contributed by atoms with Gasteiger partial charge in [0.05, 0.1) is 21.6 Å². The summed E-state index contributed by atoms with van der Waals surface area (Å²) in [7, 11) is 0. The third-order valence-corrected chi connectivity index (χ3v) is 14.8. The Bertz CT molecular complexity index is 2840. The van der Waals surface area contributed by atoms with Gasteiger partial charge in [-0.25, -0.2) is 29.9 Å². The predicted molar refractivity (Wildman–Crippen MR) is 251 cm³/mol. The summed E-state index contributed by atoms with van der Waals surface area (Å²) in [4.78, 5) is 47.9. The van der Waals surface area contributed by atoms with E-state index in [2.05, 4.69) is 40.5 Å². The van der Waals surface area contributed by atoms with Crippen LogP contribution in [0, 0.1) is 36.4 Å². The highest BCUT2D eigenvalue weighted by Gasteiger charge is 2.50. The van der Waals surface area contributed by atoms with Crippen molar-refractivity contribution in [3.05, 3.63) is 106 Å². The van der Waals surface area contributed by atoms with Crippen LogP contribution in [0.25, 0.3) is 20.9 Å². The van der Waals surface area contributed by atoms with Gasteiger partial charge in [0.15, 0.2) is 0 Å². The fraction of sp³-hybridized carbons (Fsp3) is 0.417. The number of carbonyl (C=O) groups is 2. The molecule has 8 rings (SSSR count). The summed E-state index contributed by atoms with van der Waals surface area (Å²) in [6, 6.07) is 10.9. The topological polar surface area (TPSA) is 216 Å². The van der Waals surface area contributed by atoms with E-state index in [0.29, 0.717) is 43.7 Å². The molecule has 14 nitrogen and oxygen atoms in total. The van der Waals surface area contributed by atoms with Gasteiger partial charge in [0.1, 0.15) is 32.6 Å². The SMILES string of the molecule is [2H]C([2H])c1cc(Nc2nccc(C(F)(F)F)n2)cc(-c2cnc([C@@]3(O)CC[C@H](C(=O)O)C(C)(C)C3)s2)c1.[2H]C([2H])c1cc(Nc2nccc(C(F)(F)F)n2)cc(-c2cnc([C@]3(O)CC[C@@H](C(=O)O)C(C)(C)C3)s2)c1. The molecule has 0 amide bonds. The summed E-state index contributed by atoms with van der Waals surface area (Å²) in [5.74, 6) is -3.53. The fourth-order valence-corrected chi connectivity index (χ4v) is 11.2. The molecule has 2 saturated carbocycles. The van der Waals surface area contributed by atoms with Crippen molar-refractivity contribution in [1.82, 2.24) is 29.9 Å². The van der Waals surface area contributed by atoms with Crippen molar-refractivity contribution in [3.8, 4) is 20.9 Å². The quantitative estimate of drug-likeness (QED) is 0.0704. The lowest BCUT2D eigenvalue weighted by Gasteiger charge is -2.44. The summed E-state index contributed by atoms with van der Waals surface area (Å²) < 4.78 is 110. The average molecular weight is 1020 g/mol. The minimum atomic E-state index is -4.64. The van der Waals surface area contributed by atoms with Crippen molar-refractivity contribution in [2.75, 3.05) is 10.6 Å². The minimum Gasteiger partial charge on any atom is -0.481 e. The number of hydrogen-bond acceptors (Lipinski definition) is 14. The standard InChI is InChI=1S/2C24H25F3N4O3S/c2*1-13-8-14(10-15(9-13)30-21-28-7-5-18(31-21)24(25,26)27)17-11-29-20(35-17)23(34)6-4-16(19(32)33)22(2,3)12-23/h2*5,7-11,16,34H,4,6,12H2,1-3H3,(H,32,33)(H,28,30,31)/t2*16-,23-/m10/s1/i2*1D2. The fourth-order valence-electron chi connectivity index (χ4n) is 9.15. The number of aliphatic hydroxyl groups is 2. The molecule has 0 saturated heterocycles. The number of nitrogens with one attached hydrogen (secondary N) is 2. The van der Waals surface area contributed by atoms with Crippen molar-refractivity contribution < 1.29 is 61.8 Å². The first-order valence-electron chi connectivity index (χ1n) is 23.8. The normalized spacial score (nSPS) is 23.0. The molecule has 2 aliphatic rings. The van der Waals surface area contributed by atoms with Crippen molar-refractivity contribution >= 4 is 57.9 Å². The van der Waals surface area contributed by atoms with Gasteiger partial charge in [0.25, 0.3) is 0 Å². The summed E-state index contributed by atoms with van der Waals surface area (Å²) in [5.41, 5.74) is -3.93. The molecule has 2 aliphatic carbocycles. The van der Waals surface area contributed by atoms with Gasteiger partial charge in [-0.15, -0.1) is 22.7 Å². The molecule has 0 aliphatic heterocycles. The van der Waals surface area contributed by atoms with E-state index >= 15 is 0 Å². The van der Waals surface area contributed by atoms with E-state index in [-0.39, 0.29) is 60.1 Å². The number of rotatable bonds is 10. The zero-order valence-corrected chi connectivity index (χ0v) is 39.5. The summed E-state index contributed by atoms with van der Waals surface area (Å²) >= 11 is 2.41. The first-order chi connectivity index (χ1) is 34.4. The van der Waals surface area contributed by atoms with Crippen LogP contribution in [0.1, 0.15) is 104 Å². The second kappa shape index (κ2) is 19.2. The molecule has 70 heavy (non-hydrogen) atoms. The Morgan fingerprint density at radius 1 is 0.643 bits per heavy atom. The average Bonchev–Trinajstić information content (AvgIpc) is 4.01. The third-order valence-electron chi connectivity index (χ3n) is 12.4. The van der Waals surface area contributed by atoms with Crippen LogP contribution in [0.15, 0.2) is 73.3 Å². The number of benzene rings is 2. The Morgan fingerprint density at radius 3 is 1.36 bits per heavy atom. The molecule has 0 unspecified atom stereocenters. The van der Waals surface area contributed by atoms with Crippen LogP contribution in [0.2, 0.25) is 0 Å². The highest BCUT2D eigenvalue weighted by molar-refractivity contribution is 7.15. The van der Waals surface area contributed by atoms with Crippen LogP contribution < -0.4 is 10.6 Å². The van der Waals surface area contributed by atoms with Gasteiger partial charge in [0.2, 0.25) is 11.9 Å². The maximum Gasteiger partial charge on any atom is 0.433 e. The number of thiazole rings is 2. The van der Waals surface area contributed by atoms with Crippen LogP contribution >= 0.6 is 22.7 Å². The first-order valence-corrected chi connectivity index (χ1v) is 23.2. The second-order valence-electron chi connectivity index (χ2n) is 18.8. The number of aliphatic carboxylic acids is 2. The van der Waals surface area contributed by atoms with E-state index in [0.717, 1.165) is 24.5 Å². The Balaban J connectivity index is 0.000000216. The third kappa shape index (κ3) is 11.7. The molecule has 4 heterocycles. The van der Waals surface area contributed by atoms with E-state index in [9.17, 15) is 56.4 Å². The van der Waals surface area contributed by atoms with Gasteiger partial charge in [0, 0.05) is 41.6 Å². The van der Waals surface area contributed by atoms with Gasteiger partial charge in [-0.1, -0.05) is 39.8 Å². The van der Waals surface area contributed by atoms with E-state index < -0.39 is 83.3 Å². The van der Waals surface area contributed by atoms with E-state index in [1.54, 1.807) is 36.7 Å². The summed E-state index contributed by atoms with van der Waals surface area (Å²) in [6.45, 7) is 4.50. The summed E-state index contributed by atoms with van der Waals surface area (Å²) in [6.07, 6.45) is -2.73. The zero-order valence-electron chi connectivity index (χ0n) is 41.9. The van der Waals surface area contributed by atoms with Crippen LogP contribution in [0.4, 0.5) is 49.6 Å². The van der Waals surface area contributed by atoms with Gasteiger partial charge in [-0.3, -0.25) is 9.59 Å². The van der Waals surface area contributed by atoms with E-state index in [4.69, 9.17) is 5.48 Å². The van der Waals surface area contributed by atoms with Gasteiger partial charge in [-0.05, 0) is 122 Å². The molecule has 4 atom stereocenters. The Labute approximate surface area is 412 Å². The number of aromatic nitrogens is 6. The monoisotopic (exact) mass is 1020 g/mol. The molecule has 22 heteroatoms. The Morgan fingerprint density at radius 2 is 1.03 bits per heavy atom. The Kier molecular flexibility index (Phi) is 12.7.